The monoisotopic (exact) mass is 144 g/mol. The highest BCUT2D eigenvalue weighted by Gasteiger charge is 2.38. The molecule has 0 atom stereocenters. The highest BCUT2D eigenvalue weighted by Crippen LogP contribution is 2.26. The van der Waals surface area contributed by atoms with Gasteiger partial charge in [0.1, 0.15) is 6.29 Å². The summed E-state index contributed by atoms with van der Waals surface area (Å²) in [5.41, 5.74) is -1.20. The second kappa shape index (κ2) is 2.52. The number of hydrogen-bond donors (Lipinski definition) is 2. The van der Waals surface area contributed by atoms with Crippen LogP contribution >= 0.6 is 0 Å². The van der Waals surface area contributed by atoms with Gasteiger partial charge in [-0.1, -0.05) is 6.58 Å². The van der Waals surface area contributed by atoms with Gasteiger partial charge in [-0.3, -0.25) is 0 Å². The Labute approximate surface area is 60.0 Å². The summed E-state index contributed by atoms with van der Waals surface area (Å²) in [7, 11) is 0. The van der Waals surface area contributed by atoms with Crippen LogP contribution in [0.1, 0.15) is 13.8 Å². The van der Waals surface area contributed by atoms with Crippen molar-refractivity contribution in [3.05, 3.63) is 12.7 Å². The molecule has 2 N–H and O–H groups in total. The van der Waals surface area contributed by atoms with Crippen LogP contribution in [0.5, 0.6) is 0 Å². The second-order valence-electron chi connectivity index (χ2n) is 2.77. The molecule has 0 radical (unpaired) electrons. The molecule has 0 bridgehead atoms. The lowest BCUT2D eigenvalue weighted by Gasteiger charge is -2.30. The van der Waals surface area contributed by atoms with Gasteiger partial charge >= 0.3 is 0 Å². The fourth-order valence-corrected chi connectivity index (χ4v) is 0.350. The van der Waals surface area contributed by atoms with Crippen molar-refractivity contribution in [2.45, 2.75) is 19.6 Å². The highest BCUT2D eigenvalue weighted by molar-refractivity contribution is 5.60. The van der Waals surface area contributed by atoms with Crippen molar-refractivity contribution in [3.8, 4) is 0 Å². The van der Waals surface area contributed by atoms with Gasteiger partial charge in [0.15, 0.2) is 5.79 Å². The lowest BCUT2D eigenvalue weighted by molar-refractivity contribution is -0.189. The number of hydrogen-bond acceptors (Lipinski definition) is 3. The minimum atomic E-state index is -2.12. The number of carbonyl (C=O) groups is 1. The van der Waals surface area contributed by atoms with Crippen LogP contribution in [0.4, 0.5) is 0 Å². The summed E-state index contributed by atoms with van der Waals surface area (Å²) >= 11 is 0. The molecule has 0 aromatic heterocycles. The molecular weight excluding hydrogens is 132 g/mol. The van der Waals surface area contributed by atoms with Crippen molar-refractivity contribution < 1.29 is 15.0 Å². The predicted molar refractivity (Wildman–Crippen MR) is 37.2 cm³/mol. The third kappa shape index (κ3) is 1.43. The molecule has 0 aromatic carbocycles. The van der Waals surface area contributed by atoms with Gasteiger partial charge in [-0.25, -0.2) is 0 Å². The van der Waals surface area contributed by atoms with Crippen LogP contribution in [-0.2, 0) is 4.79 Å². The smallest absolute Gasteiger partial charge is 0.194 e. The van der Waals surface area contributed by atoms with Crippen molar-refractivity contribution in [1.29, 1.82) is 0 Å². The molecule has 3 nitrogen and oxygen atoms in total. The summed E-state index contributed by atoms with van der Waals surface area (Å²) in [4.78, 5) is 10.3. The lowest BCUT2D eigenvalue weighted by atomic mass is 9.85. The third-order valence-electron chi connectivity index (χ3n) is 1.53. The van der Waals surface area contributed by atoms with Crippen LogP contribution in [0.2, 0.25) is 0 Å². The van der Waals surface area contributed by atoms with Crippen molar-refractivity contribution in [2.24, 2.45) is 5.41 Å². The molecule has 0 saturated carbocycles. The molecule has 58 valence electrons. The summed E-state index contributed by atoms with van der Waals surface area (Å²) in [6.45, 7) is 6.02. The van der Waals surface area contributed by atoms with E-state index in [-0.39, 0.29) is 0 Å². The Morgan fingerprint density at radius 3 is 1.90 bits per heavy atom. The van der Waals surface area contributed by atoms with Crippen LogP contribution < -0.4 is 0 Å². The van der Waals surface area contributed by atoms with E-state index in [1.54, 1.807) is 0 Å². The standard InChI is InChI=1S/C7H12O3/c1-4-7(9,10)6(2,3)5-8/h4-5,9-10H,1H2,2-3H3. The molecule has 0 spiro atoms. The largest absolute Gasteiger partial charge is 0.362 e. The normalized spacial score (nSPS) is 12.8. The van der Waals surface area contributed by atoms with Gasteiger partial charge in [-0.05, 0) is 19.9 Å². The summed E-state index contributed by atoms with van der Waals surface area (Å²) in [6.07, 6.45) is 1.41. The first-order valence-corrected chi connectivity index (χ1v) is 2.92. The van der Waals surface area contributed by atoms with E-state index < -0.39 is 11.2 Å². The summed E-state index contributed by atoms with van der Waals surface area (Å²) in [6, 6.07) is 0. The van der Waals surface area contributed by atoms with E-state index in [0.717, 1.165) is 6.08 Å². The second-order valence-corrected chi connectivity index (χ2v) is 2.77. The van der Waals surface area contributed by atoms with Gasteiger partial charge in [0.2, 0.25) is 0 Å². The van der Waals surface area contributed by atoms with E-state index in [0.29, 0.717) is 6.29 Å². The zero-order chi connectivity index (χ0) is 8.41. The number of aldehydes is 1. The molecule has 0 saturated heterocycles. The van der Waals surface area contributed by atoms with E-state index in [9.17, 15) is 4.79 Å². The SMILES string of the molecule is C=CC(O)(O)C(C)(C)C=O. The molecular formula is C7H12O3. The molecule has 0 amide bonds. The van der Waals surface area contributed by atoms with Crippen LogP contribution in [0, 0.1) is 5.41 Å². The molecule has 0 unspecified atom stereocenters. The maximum absolute atomic E-state index is 10.3. The van der Waals surface area contributed by atoms with E-state index in [2.05, 4.69) is 6.58 Å². The van der Waals surface area contributed by atoms with Gasteiger partial charge in [0, 0.05) is 0 Å². The van der Waals surface area contributed by atoms with E-state index in [4.69, 9.17) is 10.2 Å². The fraction of sp³-hybridized carbons (Fsp3) is 0.571. The Morgan fingerprint density at radius 1 is 1.40 bits per heavy atom. The highest BCUT2D eigenvalue weighted by atomic mass is 16.5. The van der Waals surface area contributed by atoms with Crippen molar-refractivity contribution >= 4 is 6.29 Å². The Morgan fingerprint density at radius 2 is 1.80 bits per heavy atom. The van der Waals surface area contributed by atoms with Gasteiger partial charge in [0.05, 0.1) is 5.41 Å². The van der Waals surface area contributed by atoms with Crippen LogP contribution in [0.3, 0.4) is 0 Å². The van der Waals surface area contributed by atoms with Crippen LogP contribution in [-0.4, -0.2) is 22.3 Å². The van der Waals surface area contributed by atoms with Crippen molar-refractivity contribution in [1.82, 2.24) is 0 Å². The topological polar surface area (TPSA) is 57.5 Å². The Hall–Kier alpha value is -0.670. The molecule has 0 heterocycles. The van der Waals surface area contributed by atoms with Gasteiger partial charge in [-0.2, -0.15) is 0 Å². The average molecular weight is 144 g/mol. The zero-order valence-corrected chi connectivity index (χ0v) is 6.16. The first-order valence-electron chi connectivity index (χ1n) is 2.92. The maximum Gasteiger partial charge on any atom is 0.194 e. The Balaban J connectivity index is 4.59. The van der Waals surface area contributed by atoms with Gasteiger partial charge in [-0.15, -0.1) is 0 Å². The molecule has 10 heavy (non-hydrogen) atoms. The molecule has 0 rings (SSSR count). The average Bonchev–Trinajstić information content (AvgIpc) is 1.88. The zero-order valence-electron chi connectivity index (χ0n) is 6.16. The summed E-state index contributed by atoms with van der Waals surface area (Å²) in [5.74, 6) is -2.12. The summed E-state index contributed by atoms with van der Waals surface area (Å²) in [5, 5.41) is 18.1. The molecule has 0 aliphatic rings. The predicted octanol–water partition coefficient (Wildman–Crippen LogP) is 0.0784. The van der Waals surface area contributed by atoms with Gasteiger partial charge < -0.3 is 15.0 Å². The molecule has 0 aromatic rings. The van der Waals surface area contributed by atoms with Crippen molar-refractivity contribution in [2.75, 3.05) is 0 Å². The number of aliphatic hydroxyl groups is 2. The summed E-state index contributed by atoms with van der Waals surface area (Å²) < 4.78 is 0. The van der Waals surface area contributed by atoms with E-state index in [1.807, 2.05) is 0 Å². The third-order valence-corrected chi connectivity index (χ3v) is 1.53. The van der Waals surface area contributed by atoms with Crippen LogP contribution in [0.15, 0.2) is 12.7 Å². The maximum atomic E-state index is 10.3. The van der Waals surface area contributed by atoms with E-state index >= 15 is 0 Å². The Kier molecular flexibility index (Phi) is 2.35. The molecule has 0 aliphatic heterocycles. The molecule has 0 aliphatic carbocycles. The van der Waals surface area contributed by atoms with Gasteiger partial charge in [0.25, 0.3) is 0 Å². The van der Waals surface area contributed by atoms with Crippen LogP contribution in [0.25, 0.3) is 0 Å². The quantitative estimate of drug-likeness (QED) is 0.335. The van der Waals surface area contributed by atoms with E-state index in [1.165, 1.54) is 13.8 Å². The van der Waals surface area contributed by atoms with Crippen molar-refractivity contribution in [3.63, 3.8) is 0 Å². The first kappa shape index (κ1) is 9.33. The Bertz CT molecular complexity index is 129. The minimum absolute atomic E-state index is 0.481. The molecule has 0 fully saturated rings. The molecule has 3 heteroatoms. The minimum Gasteiger partial charge on any atom is -0.362 e. The number of rotatable bonds is 3. The number of carbonyl (C=O) groups excluding carboxylic acids is 1. The fourth-order valence-electron chi connectivity index (χ4n) is 0.350. The first-order chi connectivity index (χ1) is 4.37. The lowest BCUT2D eigenvalue weighted by Crippen LogP contribution is -2.43.